The van der Waals surface area contributed by atoms with Gasteiger partial charge in [0.05, 0.1) is 6.04 Å². The molecule has 0 aromatic rings. The second-order valence-electron chi connectivity index (χ2n) is 3.39. The summed E-state index contributed by atoms with van der Waals surface area (Å²) in [6.45, 7) is 7.68. The molecule has 0 spiro atoms. The van der Waals surface area contributed by atoms with E-state index in [-0.39, 0.29) is 17.7 Å². The van der Waals surface area contributed by atoms with E-state index in [2.05, 4.69) is 0 Å². The Labute approximate surface area is 68.5 Å². The van der Waals surface area contributed by atoms with Gasteiger partial charge in [-0.2, -0.15) is 0 Å². The molecular weight excluding hydrogens is 138 g/mol. The van der Waals surface area contributed by atoms with Gasteiger partial charge in [-0.1, -0.05) is 19.4 Å². The first-order valence-electron chi connectivity index (χ1n) is 3.89. The van der Waals surface area contributed by atoms with Gasteiger partial charge in [-0.3, -0.25) is 4.79 Å². The molecule has 1 atom stereocenters. The highest BCUT2D eigenvalue weighted by Gasteiger charge is 2.13. The zero-order valence-corrected chi connectivity index (χ0v) is 7.72. The Hall–Kier alpha value is -0.630. The summed E-state index contributed by atoms with van der Waals surface area (Å²) in [5, 5.41) is 0. The number of hydrogen-bond donors (Lipinski definition) is 1. The van der Waals surface area contributed by atoms with Crippen LogP contribution in [0.15, 0.2) is 11.6 Å². The molecule has 0 bridgehead atoms. The highest BCUT2D eigenvalue weighted by molar-refractivity contribution is 5.94. The Morgan fingerprint density at radius 1 is 1.36 bits per heavy atom. The lowest BCUT2D eigenvalue weighted by Gasteiger charge is -2.11. The number of allylic oxidation sites excluding steroid dienone is 1. The van der Waals surface area contributed by atoms with Crippen LogP contribution in [0, 0.1) is 5.92 Å². The number of carbonyl (C=O) groups excluding carboxylic acids is 1. The van der Waals surface area contributed by atoms with E-state index >= 15 is 0 Å². The van der Waals surface area contributed by atoms with E-state index in [1.54, 1.807) is 6.08 Å². The molecule has 0 amide bonds. The summed E-state index contributed by atoms with van der Waals surface area (Å²) in [7, 11) is 0. The molecule has 0 heterocycles. The Kier molecular flexibility index (Phi) is 4.04. The third-order valence-electron chi connectivity index (χ3n) is 1.48. The van der Waals surface area contributed by atoms with Gasteiger partial charge in [0.1, 0.15) is 0 Å². The van der Waals surface area contributed by atoms with E-state index in [0.29, 0.717) is 0 Å². The molecule has 0 fully saturated rings. The summed E-state index contributed by atoms with van der Waals surface area (Å²) < 4.78 is 0. The SMILES string of the molecule is CC(C)=CC(=O)[C@H](N)C(C)C. The van der Waals surface area contributed by atoms with E-state index in [1.165, 1.54) is 0 Å². The van der Waals surface area contributed by atoms with E-state index in [9.17, 15) is 4.79 Å². The van der Waals surface area contributed by atoms with E-state index in [1.807, 2.05) is 27.7 Å². The minimum absolute atomic E-state index is 0.0278. The van der Waals surface area contributed by atoms with Gasteiger partial charge in [0.25, 0.3) is 0 Å². The van der Waals surface area contributed by atoms with Gasteiger partial charge < -0.3 is 5.73 Å². The van der Waals surface area contributed by atoms with Crippen LogP contribution >= 0.6 is 0 Å². The van der Waals surface area contributed by atoms with Crippen molar-refractivity contribution in [3.63, 3.8) is 0 Å². The minimum atomic E-state index is -0.343. The largest absolute Gasteiger partial charge is 0.321 e. The normalized spacial score (nSPS) is 12.9. The molecule has 0 aliphatic heterocycles. The number of rotatable bonds is 3. The molecule has 0 rings (SSSR count). The van der Waals surface area contributed by atoms with Gasteiger partial charge in [-0.05, 0) is 25.8 Å². The molecular formula is C9H17NO. The molecule has 0 saturated heterocycles. The topological polar surface area (TPSA) is 43.1 Å². The van der Waals surface area contributed by atoms with Gasteiger partial charge in [-0.25, -0.2) is 0 Å². The first kappa shape index (κ1) is 10.4. The van der Waals surface area contributed by atoms with Crippen molar-refractivity contribution in [2.45, 2.75) is 33.7 Å². The maximum Gasteiger partial charge on any atom is 0.172 e. The van der Waals surface area contributed by atoms with Crippen molar-refractivity contribution in [1.29, 1.82) is 0 Å². The van der Waals surface area contributed by atoms with E-state index < -0.39 is 0 Å². The van der Waals surface area contributed by atoms with Crippen molar-refractivity contribution in [1.82, 2.24) is 0 Å². The van der Waals surface area contributed by atoms with Gasteiger partial charge in [0.2, 0.25) is 0 Å². The maximum atomic E-state index is 11.2. The second-order valence-corrected chi connectivity index (χ2v) is 3.39. The van der Waals surface area contributed by atoms with Crippen molar-refractivity contribution in [2.24, 2.45) is 11.7 Å². The van der Waals surface area contributed by atoms with Gasteiger partial charge in [-0.15, -0.1) is 0 Å². The van der Waals surface area contributed by atoms with Gasteiger partial charge in [0, 0.05) is 0 Å². The quantitative estimate of drug-likeness (QED) is 0.628. The van der Waals surface area contributed by atoms with Crippen LogP contribution in [0.4, 0.5) is 0 Å². The summed E-state index contributed by atoms with van der Waals surface area (Å²) in [5.74, 6) is 0.248. The van der Waals surface area contributed by atoms with Crippen LogP contribution in [-0.2, 0) is 4.79 Å². The standard InChI is InChI=1S/C9H17NO/c1-6(2)5-8(11)9(10)7(3)4/h5,7,9H,10H2,1-4H3/t9-/m1/s1. The van der Waals surface area contributed by atoms with Crippen molar-refractivity contribution >= 4 is 5.78 Å². The molecule has 0 unspecified atom stereocenters. The lowest BCUT2D eigenvalue weighted by molar-refractivity contribution is -0.116. The average Bonchev–Trinajstić information content (AvgIpc) is 1.84. The van der Waals surface area contributed by atoms with Crippen molar-refractivity contribution in [3.05, 3.63) is 11.6 Å². The molecule has 0 saturated carbocycles. The number of nitrogens with two attached hydrogens (primary N) is 1. The predicted octanol–water partition coefficient (Wildman–Crippen LogP) is 1.50. The molecule has 2 N–H and O–H groups in total. The smallest absolute Gasteiger partial charge is 0.172 e. The lowest BCUT2D eigenvalue weighted by atomic mass is 10.00. The van der Waals surface area contributed by atoms with Crippen molar-refractivity contribution in [3.8, 4) is 0 Å². The highest BCUT2D eigenvalue weighted by atomic mass is 16.1. The van der Waals surface area contributed by atoms with E-state index in [4.69, 9.17) is 5.73 Å². The Morgan fingerprint density at radius 2 is 1.82 bits per heavy atom. The fraction of sp³-hybridized carbons (Fsp3) is 0.667. The molecule has 0 radical (unpaired) electrons. The fourth-order valence-corrected chi connectivity index (χ4v) is 0.709. The third-order valence-corrected chi connectivity index (χ3v) is 1.48. The van der Waals surface area contributed by atoms with Crippen LogP contribution in [-0.4, -0.2) is 11.8 Å². The fourth-order valence-electron chi connectivity index (χ4n) is 0.709. The summed E-state index contributed by atoms with van der Waals surface area (Å²) in [6.07, 6.45) is 1.60. The molecule has 0 aliphatic rings. The molecule has 0 aliphatic carbocycles. The number of hydrogen-bond acceptors (Lipinski definition) is 2. The molecule has 2 nitrogen and oxygen atoms in total. The summed E-state index contributed by atoms with van der Waals surface area (Å²) in [5.41, 5.74) is 6.62. The first-order chi connectivity index (χ1) is 4.95. The minimum Gasteiger partial charge on any atom is -0.321 e. The van der Waals surface area contributed by atoms with Crippen molar-refractivity contribution in [2.75, 3.05) is 0 Å². The summed E-state index contributed by atoms with van der Waals surface area (Å²) >= 11 is 0. The molecule has 64 valence electrons. The first-order valence-corrected chi connectivity index (χ1v) is 3.89. The molecule has 0 aromatic heterocycles. The number of carbonyl (C=O) groups is 1. The Morgan fingerprint density at radius 3 is 2.09 bits per heavy atom. The monoisotopic (exact) mass is 155 g/mol. The average molecular weight is 155 g/mol. The molecule has 11 heavy (non-hydrogen) atoms. The van der Waals surface area contributed by atoms with E-state index in [0.717, 1.165) is 5.57 Å². The maximum absolute atomic E-state index is 11.2. The second kappa shape index (κ2) is 4.29. The van der Waals surface area contributed by atoms with Crippen LogP contribution in [0.5, 0.6) is 0 Å². The third kappa shape index (κ3) is 3.94. The Balaban J connectivity index is 4.15. The van der Waals surface area contributed by atoms with Gasteiger partial charge in [0.15, 0.2) is 5.78 Å². The van der Waals surface area contributed by atoms with Crippen LogP contribution < -0.4 is 5.73 Å². The predicted molar refractivity (Wildman–Crippen MR) is 47.3 cm³/mol. The van der Waals surface area contributed by atoms with Crippen LogP contribution in [0.2, 0.25) is 0 Å². The summed E-state index contributed by atoms with van der Waals surface area (Å²) in [6, 6.07) is -0.343. The van der Waals surface area contributed by atoms with Crippen LogP contribution in [0.25, 0.3) is 0 Å². The van der Waals surface area contributed by atoms with Gasteiger partial charge >= 0.3 is 0 Å². The highest BCUT2D eigenvalue weighted by Crippen LogP contribution is 2.01. The molecule has 2 heteroatoms. The number of ketones is 1. The zero-order valence-electron chi connectivity index (χ0n) is 7.72. The summed E-state index contributed by atoms with van der Waals surface area (Å²) in [4.78, 5) is 11.2. The molecule has 0 aromatic carbocycles. The lowest BCUT2D eigenvalue weighted by Crippen LogP contribution is -2.34. The van der Waals surface area contributed by atoms with Crippen molar-refractivity contribution < 1.29 is 4.79 Å². The van der Waals surface area contributed by atoms with Crippen LogP contribution in [0.1, 0.15) is 27.7 Å². The van der Waals surface area contributed by atoms with Crippen LogP contribution in [0.3, 0.4) is 0 Å². The Bertz CT molecular complexity index is 166. The zero-order chi connectivity index (χ0) is 9.02.